The van der Waals surface area contributed by atoms with E-state index in [0.717, 1.165) is 32.7 Å². The Hall–Kier alpha value is -0.490. The smallest absolute Gasteiger partial charge is 0.107 e. The molecule has 0 aromatic carbocycles. The van der Waals surface area contributed by atoms with Crippen molar-refractivity contribution >= 4 is 11.3 Å². The fraction of sp³-hybridized carbons (Fsp3) is 0.769. The van der Waals surface area contributed by atoms with Crippen LogP contribution in [-0.4, -0.2) is 54.1 Å². The maximum Gasteiger partial charge on any atom is 0.107 e. The molecule has 5 heteroatoms. The fourth-order valence-electron chi connectivity index (χ4n) is 2.36. The van der Waals surface area contributed by atoms with Crippen molar-refractivity contribution < 1.29 is 0 Å². The number of likely N-dealkylation sites (N-methyl/N-ethyl adjacent to an activating group) is 1. The third-order valence-corrected chi connectivity index (χ3v) is 4.61. The normalized spacial score (nSPS) is 21.3. The van der Waals surface area contributed by atoms with E-state index in [1.165, 1.54) is 10.7 Å². The van der Waals surface area contributed by atoms with E-state index >= 15 is 0 Å². The molecule has 102 valence electrons. The lowest BCUT2D eigenvalue weighted by molar-refractivity contribution is 0.0355. The zero-order valence-corrected chi connectivity index (χ0v) is 12.7. The van der Waals surface area contributed by atoms with E-state index < -0.39 is 0 Å². The van der Waals surface area contributed by atoms with E-state index in [1.54, 1.807) is 11.3 Å². The van der Waals surface area contributed by atoms with Gasteiger partial charge in [-0.3, -0.25) is 9.80 Å². The predicted octanol–water partition coefficient (Wildman–Crippen LogP) is 1.39. The highest BCUT2D eigenvalue weighted by atomic mass is 32.1. The van der Waals surface area contributed by atoms with Gasteiger partial charge in [-0.15, -0.1) is 11.3 Å². The number of piperazine rings is 1. The van der Waals surface area contributed by atoms with Crippen molar-refractivity contribution in [2.45, 2.75) is 32.5 Å². The lowest BCUT2D eigenvalue weighted by Crippen LogP contribution is -2.57. The van der Waals surface area contributed by atoms with Gasteiger partial charge in [-0.25, -0.2) is 4.98 Å². The van der Waals surface area contributed by atoms with Crippen molar-refractivity contribution in [2.24, 2.45) is 0 Å². The van der Waals surface area contributed by atoms with Crippen LogP contribution in [0.1, 0.15) is 24.5 Å². The maximum absolute atomic E-state index is 4.66. The minimum absolute atomic E-state index is 0.266. The van der Waals surface area contributed by atoms with Crippen LogP contribution in [0.4, 0.5) is 0 Å². The minimum Gasteiger partial charge on any atom is -0.314 e. The van der Waals surface area contributed by atoms with Crippen LogP contribution in [0, 0.1) is 0 Å². The second-order valence-electron chi connectivity index (χ2n) is 5.71. The summed E-state index contributed by atoms with van der Waals surface area (Å²) in [6.45, 7) is 9.87. The van der Waals surface area contributed by atoms with Crippen molar-refractivity contribution in [1.82, 2.24) is 20.1 Å². The van der Waals surface area contributed by atoms with Crippen molar-refractivity contribution in [3.63, 3.8) is 0 Å². The van der Waals surface area contributed by atoms with Crippen LogP contribution in [0.3, 0.4) is 0 Å². The summed E-state index contributed by atoms with van der Waals surface area (Å²) >= 11 is 1.75. The second kappa shape index (κ2) is 5.65. The van der Waals surface area contributed by atoms with Gasteiger partial charge in [0.2, 0.25) is 0 Å². The summed E-state index contributed by atoms with van der Waals surface area (Å²) in [5.41, 5.74) is 1.48. The van der Waals surface area contributed by atoms with Crippen LogP contribution in [-0.2, 0) is 13.1 Å². The summed E-state index contributed by atoms with van der Waals surface area (Å²) in [6.07, 6.45) is 0. The molecule has 0 amide bonds. The molecule has 0 radical (unpaired) electrons. The fourth-order valence-corrected chi connectivity index (χ4v) is 3.16. The first-order valence-corrected chi connectivity index (χ1v) is 7.41. The van der Waals surface area contributed by atoms with Crippen LogP contribution in [0.5, 0.6) is 0 Å². The zero-order chi connectivity index (χ0) is 13.2. The Morgan fingerprint density at radius 1 is 1.44 bits per heavy atom. The van der Waals surface area contributed by atoms with Gasteiger partial charge in [0.15, 0.2) is 0 Å². The van der Waals surface area contributed by atoms with Gasteiger partial charge in [0.1, 0.15) is 5.01 Å². The predicted molar refractivity (Wildman–Crippen MR) is 76.9 cm³/mol. The lowest BCUT2D eigenvalue weighted by Gasteiger charge is -2.45. The molecule has 1 N–H and O–H groups in total. The Balaban J connectivity index is 1.93. The van der Waals surface area contributed by atoms with E-state index in [9.17, 15) is 0 Å². The van der Waals surface area contributed by atoms with E-state index in [-0.39, 0.29) is 5.54 Å². The van der Waals surface area contributed by atoms with Gasteiger partial charge in [0.05, 0.1) is 5.69 Å². The topological polar surface area (TPSA) is 31.4 Å². The molecule has 0 bridgehead atoms. The number of aromatic nitrogens is 1. The Morgan fingerprint density at radius 2 is 2.22 bits per heavy atom. The molecular formula is C13H24N4S. The number of hydrogen-bond donors (Lipinski definition) is 1. The molecule has 18 heavy (non-hydrogen) atoms. The van der Waals surface area contributed by atoms with Gasteiger partial charge < -0.3 is 5.32 Å². The molecule has 0 aliphatic carbocycles. The highest BCUT2D eigenvalue weighted by Gasteiger charge is 2.30. The average Bonchev–Trinajstić information content (AvgIpc) is 2.71. The largest absolute Gasteiger partial charge is 0.314 e. The van der Waals surface area contributed by atoms with Crippen molar-refractivity contribution in [3.05, 3.63) is 16.1 Å². The summed E-state index contributed by atoms with van der Waals surface area (Å²) < 4.78 is 0. The highest BCUT2D eigenvalue weighted by molar-refractivity contribution is 7.09. The number of rotatable bonds is 4. The van der Waals surface area contributed by atoms with Crippen LogP contribution in [0.2, 0.25) is 0 Å². The van der Waals surface area contributed by atoms with Gasteiger partial charge in [0.25, 0.3) is 0 Å². The summed E-state index contributed by atoms with van der Waals surface area (Å²) in [6, 6.07) is 0. The number of nitrogens with one attached hydrogen (secondary N) is 1. The van der Waals surface area contributed by atoms with E-state index in [0.29, 0.717) is 0 Å². The van der Waals surface area contributed by atoms with Gasteiger partial charge >= 0.3 is 0 Å². The second-order valence-corrected chi connectivity index (χ2v) is 6.65. The van der Waals surface area contributed by atoms with Crippen molar-refractivity contribution in [1.29, 1.82) is 0 Å². The first-order valence-electron chi connectivity index (χ1n) is 6.53. The number of nitrogens with zero attached hydrogens (tertiary/aromatic N) is 3. The molecule has 1 aliphatic heterocycles. The molecule has 2 rings (SSSR count). The molecule has 0 unspecified atom stereocenters. The Morgan fingerprint density at radius 3 is 2.89 bits per heavy atom. The molecule has 1 aromatic rings. The van der Waals surface area contributed by atoms with Gasteiger partial charge in [-0.2, -0.15) is 0 Å². The van der Waals surface area contributed by atoms with Crippen LogP contribution < -0.4 is 5.32 Å². The Labute approximate surface area is 114 Å². The molecular weight excluding hydrogens is 244 g/mol. The first-order chi connectivity index (χ1) is 8.51. The Kier molecular flexibility index (Phi) is 4.37. The molecule has 1 aromatic heterocycles. The van der Waals surface area contributed by atoms with Crippen molar-refractivity contribution in [2.75, 3.05) is 33.7 Å². The molecule has 0 spiro atoms. The SMILES string of the molecule is CNCc1nc(CN2CCN(C)C(C)(C)C2)cs1. The molecule has 0 saturated carbocycles. The quantitative estimate of drug-likeness (QED) is 0.894. The van der Waals surface area contributed by atoms with Crippen LogP contribution in [0.25, 0.3) is 0 Å². The molecule has 0 atom stereocenters. The third kappa shape index (κ3) is 3.29. The maximum atomic E-state index is 4.66. The summed E-state index contributed by atoms with van der Waals surface area (Å²) in [7, 11) is 4.18. The summed E-state index contributed by atoms with van der Waals surface area (Å²) in [5.74, 6) is 0. The van der Waals surface area contributed by atoms with Crippen LogP contribution in [0.15, 0.2) is 5.38 Å². The standard InChI is InChI=1S/C13H24N4S/c1-13(2)10-17(6-5-16(13)4)8-11-9-18-12(15-11)7-14-3/h9,14H,5-8,10H2,1-4H3. The molecule has 2 heterocycles. The minimum atomic E-state index is 0.266. The number of thiazole rings is 1. The first kappa shape index (κ1) is 13.9. The average molecular weight is 268 g/mol. The van der Waals surface area contributed by atoms with E-state index in [4.69, 9.17) is 0 Å². The molecule has 4 nitrogen and oxygen atoms in total. The van der Waals surface area contributed by atoms with Crippen LogP contribution >= 0.6 is 11.3 Å². The number of hydrogen-bond acceptors (Lipinski definition) is 5. The van der Waals surface area contributed by atoms with Gasteiger partial charge in [-0.05, 0) is 27.9 Å². The van der Waals surface area contributed by atoms with E-state index in [1.807, 2.05) is 7.05 Å². The molecule has 1 aliphatic rings. The van der Waals surface area contributed by atoms with Crippen molar-refractivity contribution in [3.8, 4) is 0 Å². The molecule has 1 fully saturated rings. The highest BCUT2D eigenvalue weighted by Crippen LogP contribution is 2.21. The van der Waals surface area contributed by atoms with E-state index in [2.05, 4.69) is 46.4 Å². The van der Waals surface area contributed by atoms with Gasteiger partial charge in [-0.1, -0.05) is 0 Å². The summed E-state index contributed by atoms with van der Waals surface area (Å²) in [4.78, 5) is 9.62. The monoisotopic (exact) mass is 268 g/mol. The molecule has 1 saturated heterocycles. The Bertz CT molecular complexity index is 388. The lowest BCUT2D eigenvalue weighted by atomic mass is 10.00. The zero-order valence-electron chi connectivity index (χ0n) is 11.9. The summed E-state index contributed by atoms with van der Waals surface area (Å²) in [5, 5.41) is 6.52. The van der Waals surface area contributed by atoms with Gasteiger partial charge in [0, 0.05) is 43.6 Å². The third-order valence-electron chi connectivity index (χ3n) is 3.71.